The Morgan fingerprint density at radius 1 is 1.50 bits per heavy atom. The highest BCUT2D eigenvalue weighted by molar-refractivity contribution is 7.99. The van der Waals surface area contributed by atoms with E-state index in [1.54, 1.807) is 6.07 Å². The van der Waals surface area contributed by atoms with Crippen molar-refractivity contribution in [3.63, 3.8) is 0 Å². The number of rotatable bonds is 1. The summed E-state index contributed by atoms with van der Waals surface area (Å²) in [6.07, 6.45) is 1.05. The van der Waals surface area contributed by atoms with Crippen LogP contribution in [0.5, 0.6) is 0 Å². The minimum atomic E-state index is -0.366. The van der Waals surface area contributed by atoms with Crippen molar-refractivity contribution in [3.05, 3.63) is 29.3 Å². The van der Waals surface area contributed by atoms with Crippen molar-refractivity contribution < 1.29 is 4.79 Å². The summed E-state index contributed by atoms with van der Waals surface area (Å²) in [5.74, 6) is 1.12. The van der Waals surface area contributed by atoms with Gasteiger partial charge < -0.3 is 0 Å². The van der Waals surface area contributed by atoms with Crippen LogP contribution in [0.3, 0.4) is 0 Å². The van der Waals surface area contributed by atoms with E-state index in [1.165, 1.54) is 10.5 Å². The van der Waals surface area contributed by atoms with E-state index in [2.05, 4.69) is 0 Å². The lowest BCUT2D eigenvalue weighted by molar-refractivity contribution is 0.108. The predicted molar refractivity (Wildman–Crippen MR) is 51.1 cm³/mol. The quantitative estimate of drug-likeness (QED) is 0.646. The molecule has 0 aromatic heterocycles. The fourth-order valence-corrected chi connectivity index (χ4v) is 2.48. The highest BCUT2D eigenvalue weighted by Crippen LogP contribution is 2.31. The molecular weight excluding hydrogens is 192 g/mol. The van der Waals surface area contributed by atoms with Crippen LogP contribution in [0.2, 0.25) is 0 Å². The summed E-state index contributed by atoms with van der Waals surface area (Å²) in [4.78, 5) is 12.1. The Labute approximate surface area is 80.1 Å². The van der Waals surface area contributed by atoms with Crippen LogP contribution in [-0.2, 0) is 6.42 Å². The molecule has 1 aliphatic rings. The third-order valence-electron chi connectivity index (χ3n) is 1.92. The summed E-state index contributed by atoms with van der Waals surface area (Å²) in [5.41, 5.74) is 1.87. The molecule has 0 bridgehead atoms. The fourth-order valence-electron chi connectivity index (χ4n) is 1.31. The number of benzene rings is 1. The minimum absolute atomic E-state index is 0.366. The summed E-state index contributed by atoms with van der Waals surface area (Å²) in [5, 5.41) is -0.366. The Morgan fingerprint density at radius 2 is 2.33 bits per heavy atom. The maximum absolute atomic E-state index is 10.8. The van der Waals surface area contributed by atoms with Gasteiger partial charge in [-0.3, -0.25) is 4.79 Å². The van der Waals surface area contributed by atoms with E-state index in [0.717, 1.165) is 12.2 Å². The third-order valence-corrected chi connectivity index (χ3v) is 3.25. The molecule has 1 aromatic carbocycles. The molecule has 1 aliphatic heterocycles. The van der Waals surface area contributed by atoms with Crippen molar-refractivity contribution in [2.24, 2.45) is 0 Å². The van der Waals surface area contributed by atoms with Gasteiger partial charge in [0, 0.05) is 16.2 Å². The Kier molecular flexibility index (Phi) is 2.11. The predicted octanol–water partition coefficient (Wildman–Crippen LogP) is 2.71. The zero-order valence-electron chi connectivity index (χ0n) is 6.34. The zero-order chi connectivity index (χ0) is 8.55. The molecule has 0 radical (unpaired) electrons. The van der Waals surface area contributed by atoms with Gasteiger partial charge in [-0.25, -0.2) is 0 Å². The van der Waals surface area contributed by atoms with Crippen molar-refractivity contribution in [1.82, 2.24) is 0 Å². The molecule has 0 unspecified atom stereocenters. The van der Waals surface area contributed by atoms with Crippen LogP contribution in [0.4, 0.5) is 0 Å². The minimum Gasteiger partial charge on any atom is -0.276 e. The fraction of sp³-hybridized carbons (Fsp3) is 0.222. The molecule has 62 valence electrons. The summed E-state index contributed by atoms with van der Waals surface area (Å²) in [6, 6.07) is 5.65. The van der Waals surface area contributed by atoms with E-state index < -0.39 is 0 Å². The number of hydrogen-bond acceptors (Lipinski definition) is 2. The lowest BCUT2D eigenvalue weighted by atomic mass is 10.1. The molecule has 1 nitrogen and oxygen atoms in total. The molecule has 0 saturated carbocycles. The van der Waals surface area contributed by atoms with Crippen LogP contribution >= 0.6 is 23.4 Å². The number of carbonyl (C=O) groups excluding carboxylic acids is 1. The van der Waals surface area contributed by atoms with E-state index in [0.29, 0.717) is 5.56 Å². The van der Waals surface area contributed by atoms with Crippen molar-refractivity contribution in [2.75, 3.05) is 5.75 Å². The molecule has 0 N–H and O–H groups in total. The van der Waals surface area contributed by atoms with Gasteiger partial charge in [0.25, 0.3) is 5.24 Å². The molecule has 0 fully saturated rings. The van der Waals surface area contributed by atoms with Crippen LogP contribution in [0.15, 0.2) is 23.1 Å². The first-order chi connectivity index (χ1) is 5.77. The van der Waals surface area contributed by atoms with Crippen LogP contribution < -0.4 is 0 Å². The summed E-state index contributed by atoms with van der Waals surface area (Å²) < 4.78 is 0. The van der Waals surface area contributed by atoms with Gasteiger partial charge in [-0.2, -0.15) is 0 Å². The molecule has 1 heterocycles. The van der Waals surface area contributed by atoms with Gasteiger partial charge in [0.15, 0.2) is 0 Å². The standard InChI is InChI=1S/C9H7ClOS/c10-9(11)7-1-2-8-6(5-7)3-4-12-8/h1-2,5H,3-4H2. The molecule has 0 saturated heterocycles. The van der Waals surface area contributed by atoms with E-state index >= 15 is 0 Å². The summed E-state index contributed by atoms with van der Waals surface area (Å²) in [7, 11) is 0. The van der Waals surface area contributed by atoms with Crippen LogP contribution in [0.25, 0.3) is 0 Å². The molecule has 1 aromatic rings. The van der Waals surface area contributed by atoms with Crippen molar-refractivity contribution in [3.8, 4) is 0 Å². The molecule has 12 heavy (non-hydrogen) atoms. The summed E-state index contributed by atoms with van der Waals surface area (Å²) in [6.45, 7) is 0. The Bertz CT molecular complexity index is 335. The van der Waals surface area contributed by atoms with Crippen LogP contribution in [-0.4, -0.2) is 11.0 Å². The molecule has 2 rings (SSSR count). The first-order valence-corrected chi connectivity index (χ1v) is 5.09. The Balaban J connectivity index is 2.45. The third kappa shape index (κ3) is 1.37. The molecular formula is C9H7ClOS. The van der Waals surface area contributed by atoms with Crippen molar-refractivity contribution in [2.45, 2.75) is 11.3 Å². The van der Waals surface area contributed by atoms with E-state index in [-0.39, 0.29) is 5.24 Å². The Hall–Kier alpha value is -0.470. The number of fused-ring (bicyclic) bond motifs is 1. The van der Waals surface area contributed by atoms with Gasteiger partial charge in [-0.05, 0) is 41.8 Å². The monoisotopic (exact) mass is 198 g/mol. The Morgan fingerprint density at radius 3 is 3.08 bits per heavy atom. The molecule has 3 heteroatoms. The van der Waals surface area contributed by atoms with Gasteiger partial charge in [0.05, 0.1) is 0 Å². The van der Waals surface area contributed by atoms with Crippen molar-refractivity contribution in [1.29, 1.82) is 0 Å². The average molecular weight is 199 g/mol. The maximum Gasteiger partial charge on any atom is 0.252 e. The number of aryl methyl sites for hydroxylation is 1. The highest BCUT2D eigenvalue weighted by atomic mass is 35.5. The normalized spacial score (nSPS) is 14.4. The molecule has 0 amide bonds. The molecule has 0 spiro atoms. The average Bonchev–Trinajstić information content (AvgIpc) is 2.49. The largest absolute Gasteiger partial charge is 0.276 e. The lowest BCUT2D eigenvalue weighted by Gasteiger charge is -1.98. The van der Waals surface area contributed by atoms with Gasteiger partial charge in [0.2, 0.25) is 0 Å². The highest BCUT2D eigenvalue weighted by Gasteiger charge is 2.12. The van der Waals surface area contributed by atoms with E-state index in [4.69, 9.17) is 11.6 Å². The van der Waals surface area contributed by atoms with Crippen LogP contribution in [0.1, 0.15) is 15.9 Å². The van der Waals surface area contributed by atoms with Gasteiger partial charge in [-0.15, -0.1) is 11.8 Å². The van der Waals surface area contributed by atoms with Crippen molar-refractivity contribution >= 4 is 28.6 Å². The van der Waals surface area contributed by atoms with Gasteiger partial charge >= 0.3 is 0 Å². The second-order valence-electron chi connectivity index (χ2n) is 2.69. The van der Waals surface area contributed by atoms with Gasteiger partial charge in [0.1, 0.15) is 0 Å². The maximum atomic E-state index is 10.8. The first-order valence-electron chi connectivity index (χ1n) is 3.73. The number of carbonyl (C=O) groups is 1. The molecule has 0 aliphatic carbocycles. The topological polar surface area (TPSA) is 17.1 Å². The lowest BCUT2D eigenvalue weighted by Crippen LogP contribution is -1.90. The SMILES string of the molecule is O=C(Cl)c1ccc2c(c1)CCS2. The number of hydrogen-bond donors (Lipinski definition) is 0. The second kappa shape index (κ2) is 3.11. The first kappa shape index (κ1) is 8.14. The molecule has 0 atom stereocenters. The summed E-state index contributed by atoms with van der Waals surface area (Å²) >= 11 is 7.19. The van der Waals surface area contributed by atoms with Crippen LogP contribution in [0, 0.1) is 0 Å². The zero-order valence-corrected chi connectivity index (χ0v) is 7.91. The van der Waals surface area contributed by atoms with Gasteiger partial charge in [-0.1, -0.05) is 0 Å². The number of thioether (sulfide) groups is 1. The smallest absolute Gasteiger partial charge is 0.252 e. The number of halogens is 1. The second-order valence-corrected chi connectivity index (χ2v) is 4.17. The van der Waals surface area contributed by atoms with E-state index in [9.17, 15) is 4.79 Å². The van der Waals surface area contributed by atoms with E-state index in [1.807, 2.05) is 23.9 Å².